The maximum absolute atomic E-state index is 10.4. The van der Waals surface area contributed by atoms with Crippen molar-refractivity contribution in [2.24, 2.45) is 0 Å². The van der Waals surface area contributed by atoms with E-state index in [2.05, 4.69) is 19.6 Å². The molecule has 0 saturated heterocycles. The van der Waals surface area contributed by atoms with Gasteiger partial charge in [0.05, 0.1) is 0 Å². The molecule has 0 aromatic rings. The predicted octanol–water partition coefficient (Wildman–Crippen LogP) is 2.10. The summed E-state index contributed by atoms with van der Waals surface area (Å²) in [7, 11) is 0. The molecule has 0 heterocycles. The van der Waals surface area contributed by atoms with Crippen molar-refractivity contribution in [1.82, 2.24) is 0 Å². The first-order valence-electron chi connectivity index (χ1n) is 2.45. The first-order chi connectivity index (χ1) is 3.27. The average molecular weight is 272 g/mol. The molecular formula is C4H9BrOSn. The summed E-state index contributed by atoms with van der Waals surface area (Å²) in [5.74, 6) is 0. The van der Waals surface area contributed by atoms with Crippen LogP contribution in [0.4, 0.5) is 0 Å². The fourth-order valence-corrected chi connectivity index (χ4v) is 4.00. The molecule has 0 amide bonds. The summed E-state index contributed by atoms with van der Waals surface area (Å²) >= 11 is 1.04. The molecular weight excluding hydrogens is 263 g/mol. The monoisotopic (exact) mass is 272 g/mol. The molecule has 0 aromatic heterocycles. The van der Waals surface area contributed by atoms with E-state index in [0.29, 0.717) is 0 Å². The summed E-state index contributed by atoms with van der Waals surface area (Å²) in [6.07, 6.45) is 2.29. The number of rotatable bonds is 3. The normalized spacial score (nSPS) is 8.86. The average Bonchev–Trinajstić information content (AvgIpc) is 1.61. The Balaban J connectivity index is 2.82. The fourth-order valence-electron chi connectivity index (χ4n) is 0.316. The van der Waals surface area contributed by atoms with E-state index in [0.717, 1.165) is 17.3 Å². The van der Waals surface area contributed by atoms with E-state index in [9.17, 15) is 3.08 Å². The second-order valence-electron chi connectivity index (χ2n) is 1.46. The van der Waals surface area contributed by atoms with Gasteiger partial charge in [-0.2, -0.15) is 0 Å². The van der Waals surface area contributed by atoms with E-state index < -0.39 is 17.5 Å². The predicted molar refractivity (Wildman–Crippen MR) is 35.1 cm³/mol. The zero-order chi connectivity index (χ0) is 5.70. The van der Waals surface area contributed by atoms with Gasteiger partial charge in [-0.15, -0.1) is 0 Å². The zero-order valence-electron chi connectivity index (χ0n) is 4.41. The SMILES string of the molecule is CCC[CH2][Sn](=[O])[Br]. The van der Waals surface area contributed by atoms with Crippen LogP contribution in [0.15, 0.2) is 0 Å². The van der Waals surface area contributed by atoms with Crippen molar-refractivity contribution in [3.63, 3.8) is 0 Å². The molecule has 0 spiro atoms. The zero-order valence-corrected chi connectivity index (χ0v) is 8.85. The van der Waals surface area contributed by atoms with Crippen LogP contribution in [-0.4, -0.2) is 17.5 Å². The fraction of sp³-hybridized carbons (Fsp3) is 1.00. The maximum atomic E-state index is 10.4. The van der Waals surface area contributed by atoms with Crippen LogP contribution in [0.2, 0.25) is 4.44 Å². The second kappa shape index (κ2) is 5.22. The summed E-state index contributed by atoms with van der Waals surface area (Å²) in [6.45, 7) is 2.11. The van der Waals surface area contributed by atoms with Gasteiger partial charge >= 0.3 is 57.5 Å². The summed E-state index contributed by atoms with van der Waals surface area (Å²) in [5.41, 5.74) is 0. The van der Waals surface area contributed by atoms with E-state index in [1.54, 1.807) is 0 Å². The van der Waals surface area contributed by atoms with Crippen molar-refractivity contribution in [3.8, 4) is 0 Å². The molecule has 0 unspecified atom stereocenters. The van der Waals surface area contributed by atoms with E-state index in [1.807, 2.05) is 0 Å². The Morgan fingerprint density at radius 1 is 1.71 bits per heavy atom. The molecule has 3 heteroatoms. The van der Waals surface area contributed by atoms with Gasteiger partial charge in [-0.25, -0.2) is 0 Å². The van der Waals surface area contributed by atoms with E-state index in [1.165, 1.54) is 0 Å². The molecule has 0 aliphatic heterocycles. The second-order valence-corrected chi connectivity index (χ2v) is 10.8. The van der Waals surface area contributed by atoms with Crippen LogP contribution in [0.5, 0.6) is 0 Å². The van der Waals surface area contributed by atoms with Gasteiger partial charge in [0.1, 0.15) is 0 Å². The third-order valence-electron chi connectivity index (χ3n) is 0.727. The Bertz CT molecular complexity index is 64.7. The van der Waals surface area contributed by atoms with Gasteiger partial charge in [0.15, 0.2) is 0 Å². The minimum atomic E-state index is -2.08. The molecule has 0 radical (unpaired) electrons. The Morgan fingerprint density at radius 2 is 2.29 bits per heavy atom. The Morgan fingerprint density at radius 3 is 2.43 bits per heavy atom. The summed E-state index contributed by atoms with van der Waals surface area (Å²) in [4.78, 5) is 0. The van der Waals surface area contributed by atoms with Gasteiger partial charge < -0.3 is 0 Å². The Hall–Kier alpha value is 1.08. The molecule has 7 heavy (non-hydrogen) atoms. The molecule has 0 aromatic carbocycles. The molecule has 1 nitrogen and oxygen atoms in total. The van der Waals surface area contributed by atoms with Crippen LogP contribution in [-0.2, 0) is 3.08 Å². The first-order valence-corrected chi connectivity index (χ1v) is 12.0. The number of hydrogen-bond donors (Lipinski definition) is 0. The van der Waals surface area contributed by atoms with E-state index in [-0.39, 0.29) is 0 Å². The van der Waals surface area contributed by atoms with Gasteiger partial charge in [-0.05, 0) is 0 Å². The standard InChI is InChI=1S/C4H9.BrH.O.Sn/c1-3-4-2;;;/h1,3-4H2,2H3;1H;;/q;;;+1/p-1. The van der Waals surface area contributed by atoms with Crippen LogP contribution in [0, 0.1) is 0 Å². The van der Waals surface area contributed by atoms with Crippen LogP contribution in [0.1, 0.15) is 19.8 Å². The molecule has 0 fully saturated rings. The van der Waals surface area contributed by atoms with Crippen molar-refractivity contribution in [3.05, 3.63) is 0 Å². The van der Waals surface area contributed by atoms with Gasteiger partial charge in [0, 0.05) is 0 Å². The molecule has 0 saturated carbocycles. The van der Waals surface area contributed by atoms with Gasteiger partial charge in [0.25, 0.3) is 0 Å². The van der Waals surface area contributed by atoms with Gasteiger partial charge in [-0.1, -0.05) is 0 Å². The molecule has 0 rings (SSSR count). The van der Waals surface area contributed by atoms with Crippen molar-refractivity contribution >= 4 is 30.2 Å². The molecule has 0 aliphatic rings. The van der Waals surface area contributed by atoms with Crippen molar-refractivity contribution in [2.45, 2.75) is 24.2 Å². The third-order valence-corrected chi connectivity index (χ3v) is 5.52. The topological polar surface area (TPSA) is 17.1 Å². The van der Waals surface area contributed by atoms with E-state index >= 15 is 0 Å². The minimum absolute atomic E-state index is 0.957. The molecule has 0 bridgehead atoms. The molecule has 0 atom stereocenters. The summed E-state index contributed by atoms with van der Waals surface area (Å²) in [5, 5.41) is 0. The molecule has 0 aliphatic carbocycles. The quantitative estimate of drug-likeness (QED) is 0.719. The number of hydrogen-bond acceptors (Lipinski definition) is 1. The first kappa shape index (κ1) is 8.08. The van der Waals surface area contributed by atoms with Crippen LogP contribution in [0.3, 0.4) is 0 Å². The van der Waals surface area contributed by atoms with Crippen molar-refractivity contribution < 1.29 is 3.08 Å². The summed E-state index contributed by atoms with van der Waals surface area (Å²) < 4.78 is 11.4. The van der Waals surface area contributed by atoms with Gasteiger partial charge in [0.2, 0.25) is 0 Å². The molecule has 0 N–H and O–H groups in total. The van der Waals surface area contributed by atoms with E-state index in [4.69, 9.17) is 0 Å². The summed E-state index contributed by atoms with van der Waals surface area (Å²) in [6, 6.07) is 0. The van der Waals surface area contributed by atoms with Crippen LogP contribution < -0.4 is 0 Å². The number of unbranched alkanes of at least 4 members (excludes halogenated alkanes) is 1. The van der Waals surface area contributed by atoms with Gasteiger partial charge in [-0.3, -0.25) is 0 Å². The third kappa shape index (κ3) is 7.08. The molecule has 42 valence electrons. The number of halogens is 1. The van der Waals surface area contributed by atoms with Crippen molar-refractivity contribution in [1.29, 1.82) is 0 Å². The Kier molecular flexibility index (Phi) is 6.02. The van der Waals surface area contributed by atoms with Crippen LogP contribution >= 0.6 is 12.7 Å². The Labute approximate surface area is 57.4 Å². The van der Waals surface area contributed by atoms with Crippen LogP contribution in [0.25, 0.3) is 0 Å². The van der Waals surface area contributed by atoms with Crippen molar-refractivity contribution in [2.75, 3.05) is 0 Å².